The fourth-order valence-corrected chi connectivity index (χ4v) is 1.89. The number of aliphatic hydroxyl groups is 2. The Bertz CT molecular complexity index is 282. The van der Waals surface area contributed by atoms with Crippen LogP contribution >= 0.6 is 0 Å². The van der Waals surface area contributed by atoms with E-state index in [1.54, 1.807) is 0 Å². The van der Waals surface area contributed by atoms with E-state index in [-0.39, 0.29) is 0 Å². The second-order valence-electron chi connectivity index (χ2n) is 4.75. The molecule has 0 amide bonds. The maximum atomic E-state index is 11.3. The van der Waals surface area contributed by atoms with Gasteiger partial charge in [-0.2, -0.15) is 0 Å². The number of carbonyl (C=O) groups excluding carboxylic acids is 2. The molecule has 110 valence electrons. The van der Waals surface area contributed by atoms with Gasteiger partial charge in [0.05, 0.1) is 0 Å². The van der Waals surface area contributed by atoms with Gasteiger partial charge in [0, 0.05) is 6.42 Å². The molecule has 2 atom stereocenters. The fourth-order valence-electron chi connectivity index (χ4n) is 1.89. The topological polar surface area (TPSA) is 93.1 Å². The van der Waals surface area contributed by atoms with E-state index in [1.165, 1.54) is 12.8 Å². The molecule has 1 fully saturated rings. The van der Waals surface area contributed by atoms with Gasteiger partial charge in [0.25, 0.3) is 0 Å². The number of rotatable bonds is 7. The van der Waals surface area contributed by atoms with Crippen molar-refractivity contribution >= 4 is 11.9 Å². The molecule has 0 aliphatic carbocycles. The predicted octanol–water partition coefficient (Wildman–Crippen LogP) is 0.885. The van der Waals surface area contributed by atoms with Crippen molar-refractivity contribution in [2.45, 2.75) is 70.4 Å². The van der Waals surface area contributed by atoms with Gasteiger partial charge in [-0.3, -0.25) is 0 Å². The summed E-state index contributed by atoms with van der Waals surface area (Å²) in [5.41, 5.74) is 0. The molecule has 0 radical (unpaired) electrons. The predicted molar refractivity (Wildman–Crippen MR) is 66.0 cm³/mol. The zero-order valence-electron chi connectivity index (χ0n) is 11.2. The van der Waals surface area contributed by atoms with Gasteiger partial charge >= 0.3 is 11.9 Å². The minimum Gasteiger partial charge on any atom is -0.423 e. The molecule has 1 saturated heterocycles. The number of esters is 2. The lowest BCUT2D eigenvalue weighted by Gasteiger charge is -2.14. The summed E-state index contributed by atoms with van der Waals surface area (Å²) in [6, 6.07) is 0. The first-order valence-electron chi connectivity index (χ1n) is 6.83. The first kappa shape index (κ1) is 15.9. The van der Waals surface area contributed by atoms with Crippen molar-refractivity contribution in [3.63, 3.8) is 0 Å². The summed E-state index contributed by atoms with van der Waals surface area (Å²) < 4.78 is 9.60. The normalized spacial score (nSPS) is 27.6. The van der Waals surface area contributed by atoms with Gasteiger partial charge in [-0.05, 0) is 6.42 Å². The van der Waals surface area contributed by atoms with Gasteiger partial charge in [-0.25, -0.2) is 9.59 Å². The van der Waals surface area contributed by atoms with Crippen molar-refractivity contribution in [1.82, 2.24) is 0 Å². The third-order valence-electron chi connectivity index (χ3n) is 3.07. The highest BCUT2D eigenvalue weighted by atomic mass is 16.7. The van der Waals surface area contributed by atoms with Crippen molar-refractivity contribution in [2.24, 2.45) is 0 Å². The molecule has 0 aromatic heterocycles. The molecule has 1 heterocycles. The molecule has 1 rings (SSSR count). The third kappa shape index (κ3) is 5.16. The van der Waals surface area contributed by atoms with E-state index in [0.29, 0.717) is 6.42 Å². The number of unbranched alkanes of at least 4 members (excludes halogenated alkanes) is 5. The van der Waals surface area contributed by atoms with E-state index < -0.39 is 30.4 Å². The Morgan fingerprint density at radius 2 is 1.37 bits per heavy atom. The van der Waals surface area contributed by atoms with E-state index >= 15 is 0 Å². The average Bonchev–Trinajstić information content (AvgIpc) is 2.47. The molecule has 0 saturated carbocycles. The summed E-state index contributed by atoms with van der Waals surface area (Å²) in [4.78, 5) is 22.6. The number of hydrogen-bond acceptors (Lipinski definition) is 6. The molecule has 19 heavy (non-hydrogen) atoms. The number of cyclic esters (lactones) is 2. The van der Waals surface area contributed by atoms with Crippen LogP contribution in [0.5, 0.6) is 0 Å². The lowest BCUT2D eigenvalue weighted by molar-refractivity contribution is -0.184. The maximum absolute atomic E-state index is 11.3. The van der Waals surface area contributed by atoms with Crippen molar-refractivity contribution in [3.05, 3.63) is 0 Å². The van der Waals surface area contributed by atoms with Crippen LogP contribution in [0.2, 0.25) is 0 Å². The molecular formula is C13H22O6. The zero-order valence-corrected chi connectivity index (χ0v) is 11.2. The Balaban J connectivity index is 2.30. The average molecular weight is 274 g/mol. The smallest absolute Gasteiger partial charge is 0.341 e. The summed E-state index contributed by atoms with van der Waals surface area (Å²) in [5, 5.41) is 18.5. The number of carbonyl (C=O) groups is 2. The quantitative estimate of drug-likeness (QED) is 0.529. The minimum atomic E-state index is -1.86. The Morgan fingerprint density at radius 1 is 0.895 bits per heavy atom. The Morgan fingerprint density at radius 3 is 1.89 bits per heavy atom. The number of hydrogen-bond donors (Lipinski definition) is 2. The molecule has 0 bridgehead atoms. The second kappa shape index (κ2) is 8.12. The van der Waals surface area contributed by atoms with E-state index in [1.807, 2.05) is 0 Å². The molecule has 6 heteroatoms. The van der Waals surface area contributed by atoms with Crippen LogP contribution in [0.3, 0.4) is 0 Å². The standard InChI is InChI=1S/C13H22O6/c1-2-3-4-5-6-7-8-9-18-12(16)10(14)11(15)13(17)19-9/h9-11,14-15H,2-8H2,1H3. The highest BCUT2D eigenvalue weighted by molar-refractivity contribution is 5.86. The zero-order chi connectivity index (χ0) is 14.3. The van der Waals surface area contributed by atoms with Crippen LogP contribution < -0.4 is 0 Å². The van der Waals surface area contributed by atoms with Gasteiger partial charge < -0.3 is 19.7 Å². The number of ether oxygens (including phenoxy) is 2. The van der Waals surface area contributed by atoms with Crippen molar-refractivity contribution in [3.8, 4) is 0 Å². The Labute approximate surface area is 112 Å². The van der Waals surface area contributed by atoms with Crippen LogP contribution in [0.25, 0.3) is 0 Å². The summed E-state index contributed by atoms with van der Waals surface area (Å²) in [6.07, 6.45) is 2.04. The highest BCUT2D eigenvalue weighted by Gasteiger charge is 2.39. The lowest BCUT2D eigenvalue weighted by atomic mass is 10.1. The van der Waals surface area contributed by atoms with Gasteiger partial charge in [-0.1, -0.05) is 39.0 Å². The van der Waals surface area contributed by atoms with Crippen LogP contribution in [0.1, 0.15) is 51.9 Å². The Hall–Kier alpha value is -1.14. The van der Waals surface area contributed by atoms with E-state index in [4.69, 9.17) is 9.47 Å². The fraction of sp³-hybridized carbons (Fsp3) is 0.846. The van der Waals surface area contributed by atoms with Crippen molar-refractivity contribution in [2.75, 3.05) is 0 Å². The largest absolute Gasteiger partial charge is 0.423 e. The second-order valence-corrected chi connectivity index (χ2v) is 4.75. The molecular weight excluding hydrogens is 252 g/mol. The molecule has 2 N–H and O–H groups in total. The van der Waals surface area contributed by atoms with Gasteiger partial charge in [0.2, 0.25) is 6.29 Å². The monoisotopic (exact) mass is 274 g/mol. The van der Waals surface area contributed by atoms with Gasteiger partial charge in [0.1, 0.15) is 0 Å². The first-order valence-corrected chi connectivity index (χ1v) is 6.83. The lowest BCUT2D eigenvalue weighted by Crippen LogP contribution is -2.38. The summed E-state index contributed by atoms with van der Waals surface area (Å²) in [6.45, 7) is 2.14. The van der Waals surface area contributed by atoms with Crippen LogP contribution in [-0.4, -0.2) is 40.6 Å². The molecule has 0 spiro atoms. The first-order chi connectivity index (χ1) is 9.06. The molecule has 1 aliphatic heterocycles. The van der Waals surface area contributed by atoms with Crippen LogP contribution in [0, 0.1) is 0 Å². The van der Waals surface area contributed by atoms with Gasteiger partial charge in [-0.15, -0.1) is 0 Å². The SMILES string of the molecule is CCCCCCCCC1OC(=O)C(O)C(O)C(=O)O1. The van der Waals surface area contributed by atoms with Crippen LogP contribution in [0.15, 0.2) is 0 Å². The van der Waals surface area contributed by atoms with Crippen LogP contribution in [0.4, 0.5) is 0 Å². The summed E-state index contributed by atoms with van der Waals surface area (Å²) in [5.74, 6) is -2.04. The van der Waals surface area contributed by atoms with Crippen molar-refractivity contribution < 1.29 is 29.3 Å². The molecule has 2 unspecified atom stereocenters. The van der Waals surface area contributed by atoms with Gasteiger partial charge in [0.15, 0.2) is 12.2 Å². The van der Waals surface area contributed by atoms with Crippen LogP contribution in [-0.2, 0) is 19.1 Å². The third-order valence-corrected chi connectivity index (χ3v) is 3.07. The van der Waals surface area contributed by atoms with Crippen molar-refractivity contribution in [1.29, 1.82) is 0 Å². The molecule has 0 aromatic carbocycles. The number of aliphatic hydroxyl groups excluding tert-OH is 2. The molecule has 0 aromatic rings. The highest BCUT2D eigenvalue weighted by Crippen LogP contribution is 2.16. The summed E-state index contributed by atoms with van der Waals surface area (Å²) >= 11 is 0. The minimum absolute atomic E-state index is 0.392. The molecule has 6 nitrogen and oxygen atoms in total. The Kier molecular flexibility index (Phi) is 6.80. The maximum Gasteiger partial charge on any atom is 0.341 e. The summed E-state index contributed by atoms with van der Waals surface area (Å²) in [7, 11) is 0. The van der Waals surface area contributed by atoms with E-state index in [2.05, 4.69) is 6.92 Å². The van der Waals surface area contributed by atoms with E-state index in [9.17, 15) is 19.8 Å². The molecule has 1 aliphatic rings. The van der Waals surface area contributed by atoms with E-state index in [0.717, 1.165) is 25.7 Å².